The second kappa shape index (κ2) is 9.45. The van der Waals surface area contributed by atoms with E-state index in [-0.39, 0.29) is 0 Å². The van der Waals surface area contributed by atoms with Crippen molar-refractivity contribution in [3.63, 3.8) is 0 Å². The highest BCUT2D eigenvalue weighted by Gasteiger charge is 2.47. The molecule has 0 saturated carbocycles. The standard InChI is InChI=1S/C23H25BrN2O4/c1-23(2,22(24)28)19(21(27)29-3)20(26-14-13-25-15-26)30-18-11-9-17(10-12-18)16-7-5-4-6-8-16/h4-15,19-20,22,28H,1-3H3. The second-order valence-corrected chi connectivity index (χ2v) is 8.43. The van der Waals surface area contributed by atoms with Crippen LogP contribution in [0.4, 0.5) is 0 Å². The highest BCUT2D eigenvalue weighted by molar-refractivity contribution is 9.09. The number of hydrogen-bond acceptors (Lipinski definition) is 5. The monoisotopic (exact) mass is 472 g/mol. The number of carbonyl (C=O) groups excluding carboxylic acids is 1. The Morgan fingerprint density at radius 2 is 1.73 bits per heavy atom. The molecule has 3 aromatic rings. The Kier molecular flexibility index (Phi) is 6.95. The van der Waals surface area contributed by atoms with E-state index < -0.39 is 28.5 Å². The zero-order chi connectivity index (χ0) is 21.7. The molecule has 30 heavy (non-hydrogen) atoms. The van der Waals surface area contributed by atoms with Crippen LogP contribution in [0.25, 0.3) is 11.1 Å². The molecule has 0 bridgehead atoms. The van der Waals surface area contributed by atoms with Gasteiger partial charge in [-0.3, -0.25) is 4.79 Å². The number of methoxy groups -OCH3 is 1. The Morgan fingerprint density at radius 1 is 1.10 bits per heavy atom. The van der Waals surface area contributed by atoms with Gasteiger partial charge in [0.05, 0.1) is 13.4 Å². The topological polar surface area (TPSA) is 73.6 Å². The first-order valence-corrected chi connectivity index (χ1v) is 10.5. The molecule has 1 heterocycles. The maximum Gasteiger partial charge on any atom is 0.315 e. The third-order valence-electron chi connectivity index (χ3n) is 5.19. The zero-order valence-corrected chi connectivity index (χ0v) is 18.7. The largest absolute Gasteiger partial charge is 0.469 e. The molecule has 158 valence electrons. The maximum atomic E-state index is 12.8. The Balaban J connectivity index is 1.95. The minimum absolute atomic E-state index is 0.488. The minimum Gasteiger partial charge on any atom is -0.469 e. The first-order valence-electron chi connectivity index (χ1n) is 9.54. The quantitative estimate of drug-likeness (QED) is 0.381. The molecule has 0 saturated heterocycles. The first-order chi connectivity index (χ1) is 14.3. The number of aromatic nitrogens is 2. The van der Waals surface area contributed by atoms with Crippen LogP contribution in [-0.4, -0.2) is 32.7 Å². The summed E-state index contributed by atoms with van der Waals surface area (Å²) in [5.41, 5.74) is 1.26. The third kappa shape index (κ3) is 4.74. The molecule has 2 aromatic carbocycles. The average molecular weight is 473 g/mol. The van der Waals surface area contributed by atoms with Crippen molar-refractivity contribution in [3.05, 3.63) is 73.3 Å². The molecule has 0 fully saturated rings. The van der Waals surface area contributed by atoms with Crippen molar-refractivity contribution < 1.29 is 19.4 Å². The van der Waals surface area contributed by atoms with Crippen LogP contribution in [0.15, 0.2) is 73.3 Å². The van der Waals surface area contributed by atoms with Crippen molar-refractivity contribution in [1.29, 1.82) is 0 Å². The van der Waals surface area contributed by atoms with E-state index in [2.05, 4.69) is 20.9 Å². The fourth-order valence-corrected chi connectivity index (χ4v) is 3.56. The predicted octanol–water partition coefficient (Wildman–Crippen LogP) is 4.66. The van der Waals surface area contributed by atoms with Crippen LogP contribution in [0.2, 0.25) is 0 Å². The van der Waals surface area contributed by atoms with Crippen LogP contribution in [0.3, 0.4) is 0 Å². The van der Waals surface area contributed by atoms with E-state index in [1.807, 2.05) is 54.6 Å². The fourth-order valence-electron chi connectivity index (χ4n) is 3.28. The SMILES string of the molecule is COC(=O)C(C(Oc1ccc(-c2ccccc2)cc1)n1ccnc1)C(C)(C)C(O)Br. The summed E-state index contributed by atoms with van der Waals surface area (Å²) in [6.07, 6.45) is 4.14. The summed E-state index contributed by atoms with van der Waals surface area (Å²) in [6.45, 7) is 3.56. The van der Waals surface area contributed by atoms with Crippen LogP contribution in [0, 0.1) is 11.3 Å². The lowest BCUT2D eigenvalue weighted by Gasteiger charge is -2.38. The molecule has 7 heteroatoms. The number of rotatable bonds is 8. The normalized spacial score (nSPS) is 14.6. The minimum atomic E-state index is -0.954. The lowest BCUT2D eigenvalue weighted by atomic mass is 9.78. The number of aliphatic hydroxyl groups excluding tert-OH is 1. The van der Waals surface area contributed by atoms with Gasteiger partial charge >= 0.3 is 5.97 Å². The number of imidazole rings is 1. The zero-order valence-electron chi connectivity index (χ0n) is 17.1. The van der Waals surface area contributed by atoms with Gasteiger partial charge in [-0.1, -0.05) is 72.2 Å². The summed E-state index contributed by atoms with van der Waals surface area (Å²) < 4.78 is 13.0. The summed E-state index contributed by atoms with van der Waals surface area (Å²) in [7, 11) is 1.33. The van der Waals surface area contributed by atoms with Crippen molar-refractivity contribution in [3.8, 4) is 16.9 Å². The van der Waals surface area contributed by atoms with Gasteiger partial charge in [-0.15, -0.1) is 0 Å². The van der Waals surface area contributed by atoms with Crippen molar-refractivity contribution in [2.24, 2.45) is 11.3 Å². The van der Waals surface area contributed by atoms with Crippen LogP contribution in [-0.2, 0) is 9.53 Å². The van der Waals surface area contributed by atoms with Gasteiger partial charge < -0.3 is 19.1 Å². The summed E-state index contributed by atoms with van der Waals surface area (Å²) in [5, 5.41) is 9.34. The van der Waals surface area contributed by atoms with Crippen LogP contribution in [0.1, 0.15) is 20.1 Å². The summed E-state index contributed by atoms with van der Waals surface area (Å²) in [6, 6.07) is 17.7. The number of carbonyl (C=O) groups is 1. The molecule has 0 aliphatic heterocycles. The average Bonchev–Trinajstić information content (AvgIpc) is 3.28. The molecule has 0 spiro atoms. The van der Waals surface area contributed by atoms with E-state index >= 15 is 0 Å². The third-order valence-corrected chi connectivity index (χ3v) is 6.37. The molecule has 3 unspecified atom stereocenters. The number of alkyl halides is 1. The van der Waals surface area contributed by atoms with Gasteiger partial charge in [0.1, 0.15) is 16.7 Å². The number of nitrogens with zero attached hydrogens (tertiary/aromatic N) is 2. The van der Waals surface area contributed by atoms with Crippen molar-refractivity contribution >= 4 is 21.9 Å². The molecule has 3 rings (SSSR count). The molecular weight excluding hydrogens is 448 g/mol. The van der Waals surface area contributed by atoms with E-state index in [4.69, 9.17) is 9.47 Å². The fraction of sp³-hybridized carbons (Fsp3) is 0.304. The molecule has 1 aromatic heterocycles. The van der Waals surface area contributed by atoms with Gasteiger partial charge in [-0.25, -0.2) is 4.98 Å². The number of esters is 1. The Labute approximate surface area is 184 Å². The summed E-state index contributed by atoms with van der Waals surface area (Å²) >= 11 is 3.21. The van der Waals surface area contributed by atoms with E-state index in [9.17, 15) is 9.90 Å². The number of hydrogen-bond donors (Lipinski definition) is 1. The van der Waals surface area contributed by atoms with Crippen molar-refractivity contribution in [2.75, 3.05) is 7.11 Å². The molecule has 0 radical (unpaired) electrons. The molecule has 1 N–H and O–H groups in total. The van der Waals surface area contributed by atoms with Gasteiger partial charge in [0.2, 0.25) is 0 Å². The smallest absolute Gasteiger partial charge is 0.315 e. The van der Waals surface area contributed by atoms with Crippen LogP contribution in [0.5, 0.6) is 5.75 Å². The van der Waals surface area contributed by atoms with Gasteiger partial charge in [0.25, 0.3) is 0 Å². The van der Waals surface area contributed by atoms with Crippen LogP contribution < -0.4 is 4.74 Å². The van der Waals surface area contributed by atoms with Gasteiger partial charge in [0.15, 0.2) is 6.23 Å². The summed E-state index contributed by atoms with van der Waals surface area (Å²) in [4.78, 5) is 16.9. The Hall–Kier alpha value is -2.64. The summed E-state index contributed by atoms with van der Waals surface area (Å²) in [5.74, 6) is -0.722. The molecule has 6 nitrogen and oxygen atoms in total. The van der Waals surface area contributed by atoms with E-state index in [0.717, 1.165) is 11.1 Å². The number of halogens is 1. The van der Waals surface area contributed by atoms with Crippen molar-refractivity contribution in [1.82, 2.24) is 9.55 Å². The molecule has 3 atom stereocenters. The van der Waals surface area contributed by atoms with E-state index in [1.54, 1.807) is 37.1 Å². The molecular formula is C23H25BrN2O4. The highest BCUT2D eigenvalue weighted by atomic mass is 79.9. The molecule has 0 amide bonds. The van der Waals surface area contributed by atoms with E-state index in [1.165, 1.54) is 7.11 Å². The number of benzene rings is 2. The lowest BCUT2D eigenvalue weighted by Crippen LogP contribution is -2.45. The Bertz CT molecular complexity index is 941. The van der Waals surface area contributed by atoms with Crippen LogP contribution >= 0.6 is 15.9 Å². The molecule has 0 aliphatic carbocycles. The van der Waals surface area contributed by atoms with Gasteiger partial charge in [0, 0.05) is 17.8 Å². The Morgan fingerprint density at radius 3 is 2.27 bits per heavy atom. The highest BCUT2D eigenvalue weighted by Crippen LogP contribution is 2.42. The van der Waals surface area contributed by atoms with E-state index in [0.29, 0.717) is 5.75 Å². The maximum absolute atomic E-state index is 12.8. The number of ether oxygens (including phenoxy) is 2. The van der Waals surface area contributed by atoms with Crippen molar-refractivity contribution in [2.45, 2.75) is 25.1 Å². The first kappa shape index (κ1) is 22.1. The predicted molar refractivity (Wildman–Crippen MR) is 118 cm³/mol. The molecule has 0 aliphatic rings. The lowest BCUT2D eigenvalue weighted by molar-refractivity contribution is -0.161. The van der Waals surface area contributed by atoms with Gasteiger partial charge in [-0.2, -0.15) is 0 Å². The number of aliphatic hydroxyl groups is 1. The van der Waals surface area contributed by atoms with Gasteiger partial charge in [-0.05, 0) is 23.3 Å². The second-order valence-electron chi connectivity index (χ2n) is 7.57.